The van der Waals surface area contributed by atoms with E-state index in [4.69, 9.17) is 9.47 Å². The summed E-state index contributed by atoms with van der Waals surface area (Å²) in [6, 6.07) is 16.2. The Hall–Kier alpha value is -4.15. The molecule has 0 atom stereocenters. The number of H-pyrrole nitrogens is 1. The van der Waals surface area contributed by atoms with Crippen LogP contribution in [0.25, 0.3) is 0 Å². The van der Waals surface area contributed by atoms with Gasteiger partial charge in [-0.15, -0.1) is 5.10 Å². The molecule has 1 aliphatic carbocycles. The first kappa shape index (κ1) is 26.9. The molecule has 0 bridgehead atoms. The van der Waals surface area contributed by atoms with Gasteiger partial charge in [-0.05, 0) is 54.6 Å². The molecule has 2 heterocycles. The van der Waals surface area contributed by atoms with Gasteiger partial charge in [0.15, 0.2) is 11.5 Å². The molecule has 1 aliphatic heterocycles. The van der Waals surface area contributed by atoms with Crippen molar-refractivity contribution in [2.24, 2.45) is 0 Å². The van der Waals surface area contributed by atoms with E-state index in [1.165, 1.54) is 18.4 Å². The Bertz CT molecular complexity index is 1200. The lowest BCUT2D eigenvalue weighted by atomic mass is 10.2. The highest BCUT2D eigenvalue weighted by Crippen LogP contribution is 2.35. The lowest BCUT2D eigenvalue weighted by Gasteiger charge is -2.36. The summed E-state index contributed by atoms with van der Waals surface area (Å²) in [5.41, 5.74) is 2.35. The van der Waals surface area contributed by atoms with Gasteiger partial charge in [0.05, 0.1) is 13.2 Å². The van der Waals surface area contributed by atoms with Crippen LogP contribution in [0.4, 0.5) is 11.6 Å². The van der Waals surface area contributed by atoms with E-state index in [2.05, 4.69) is 39.1 Å². The van der Waals surface area contributed by atoms with Crippen molar-refractivity contribution in [3.63, 3.8) is 0 Å². The van der Waals surface area contributed by atoms with Crippen LogP contribution in [0.1, 0.15) is 37.1 Å². The van der Waals surface area contributed by atoms with Gasteiger partial charge >= 0.3 is 5.95 Å². The van der Waals surface area contributed by atoms with E-state index in [1.54, 1.807) is 12.0 Å². The summed E-state index contributed by atoms with van der Waals surface area (Å²) in [4.78, 5) is 30.2. The van der Waals surface area contributed by atoms with Crippen LogP contribution < -0.4 is 14.4 Å². The Balaban J connectivity index is 0.000000417. The summed E-state index contributed by atoms with van der Waals surface area (Å²) in [7, 11) is 1.64. The lowest BCUT2D eigenvalue weighted by Crippen LogP contribution is -2.49. The second-order valence-corrected chi connectivity index (χ2v) is 9.39. The summed E-state index contributed by atoms with van der Waals surface area (Å²) >= 11 is 0. The van der Waals surface area contributed by atoms with Crippen LogP contribution >= 0.6 is 0 Å². The fourth-order valence-electron chi connectivity index (χ4n) is 4.58. The zero-order valence-electron chi connectivity index (χ0n) is 21.8. The second kappa shape index (κ2) is 12.9. The van der Waals surface area contributed by atoms with Crippen molar-refractivity contribution in [3.05, 3.63) is 70.0 Å². The minimum atomic E-state index is -0.667. The first-order chi connectivity index (χ1) is 18.4. The smallest absolute Gasteiger partial charge is 0.453 e. The third kappa shape index (κ3) is 7.21. The number of benzene rings is 2. The van der Waals surface area contributed by atoms with E-state index in [-0.39, 0.29) is 24.3 Å². The molecular weight excluding hydrogens is 488 g/mol. The Morgan fingerprint density at radius 3 is 2.37 bits per heavy atom. The van der Waals surface area contributed by atoms with Gasteiger partial charge in [0.1, 0.15) is 6.42 Å². The molecule has 202 valence electrons. The predicted molar refractivity (Wildman–Crippen MR) is 143 cm³/mol. The molecule has 0 spiro atoms. The molecule has 1 N–H and O–H groups in total. The van der Waals surface area contributed by atoms with Crippen LogP contribution in [0.3, 0.4) is 0 Å². The molecule has 1 amide bonds. The number of nitrogens with one attached hydrogen (secondary N) is 1. The molecule has 38 heavy (non-hydrogen) atoms. The first-order valence-corrected chi connectivity index (χ1v) is 12.9. The van der Waals surface area contributed by atoms with E-state index in [0.717, 1.165) is 30.0 Å². The van der Waals surface area contributed by atoms with Crippen LogP contribution in [0.15, 0.2) is 48.5 Å². The van der Waals surface area contributed by atoms with Gasteiger partial charge in [-0.3, -0.25) is 4.79 Å². The second-order valence-electron chi connectivity index (χ2n) is 9.39. The molecule has 2 fully saturated rings. The van der Waals surface area contributed by atoms with Gasteiger partial charge < -0.3 is 29.4 Å². The zero-order chi connectivity index (χ0) is 26.9. The number of hydrogen-bond donors (Lipinski definition) is 1. The Kier molecular flexibility index (Phi) is 9.12. The molecule has 3 aromatic rings. The number of aryl methyl sites for hydroxylation is 1. The maximum atomic E-state index is 12.5. The van der Waals surface area contributed by atoms with Gasteiger partial charge in [-0.2, -0.15) is 0 Å². The molecule has 1 aromatic heterocycles. The highest BCUT2D eigenvalue weighted by atomic mass is 16.6. The van der Waals surface area contributed by atoms with E-state index < -0.39 is 10.9 Å². The van der Waals surface area contributed by atoms with Crippen molar-refractivity contribution in [1.82, 2.24) is 20.1 Å². The van der Waals surface area contributed by atoms with Gasteiger partial charge in [0.2, 0.25) is 5.91 Å². The van der Waals surface area contributed by atoms with Crippen molar-refractivity contribution in [3.8, 4) is 11.5 Å². The molecule has 0 unspecified atom stereocenters. The quantitative estimate of drug-likeness (QED) is 0.365. The Morgan fingerprint density at radius 1 is 1.08 bits per heavy atom. The topological polar surface area (TPSA) is 127 Å². The molecule has 11 nitrogen and oxygen atoms in total. The fourth-order valence-corrected chi connectivity index (χ4v) is 4.58. The van der Waals surface area contributed by atoms with E-state index in [0.29, 0.717) is 26.2 Å². The minimum absolute atomic E-state index is 0.0632. The highest BCUT2D eigenvalue weighted by Gasteiger charge is 2.26. The molecule has 2 aromatic carbocycles. The Morgan fingerprint density at radius 2 is 1.79 bits per heavy atom. The number of ether oxygens (including phenoxy) is 2. The number of hydrogen-bond acceptors (Lipinski definition) is 8. The van der Waals surface area contributed by atoms with Crippen LogP contribution in [0.2, 0.25) is 0 Å². The molecule has 2 aliphatic rings. The number of rotatable bonds is 7. The number of carbonyl (C=O) groups is 1. The average molecular weight is 523 g/mol. The van der Waals surface area contributed by atoms with E-state index in [1.807, 2.05) is 36.4 Å². The third-order valence-corrected chi connectivity index (χ3v) is 6.68. The summed E-state index contributed by atoms with van der Waals surface area (Å²) in [5, 5.41) is 16.6. The summed E-state index contributed by atoms with van der Waals surface area (Å²) < 4.78 is 11.7. The Labute approximate surface area is 221 Å². The number of piperazine rings is 1. The number of amides is 1. The number of nitro groups is 1. The maximum absolute atomic E-state index is 12.5. The van der Waals surface area contributed by atoms with E-state index >= 15 is 0 Å². The summed E-state index contributed by atoms with van der Waals surface area (Å²) in [5.74, 6) is 1.01. The van der Waals surface area contributed by atoms with Crippen LogP contribution in [-0.2, 0) is 11.2 Å². The molecule has 1 saturated carbocycles. The van der Waals surface area contributed by atoms with Crippen molar-refractivity contribution in [2.75, 3.05) is 38.2 Å². The number of methoxy groups -OCH3 is 1. The van der Waals surface area contributed by atoms with Crippen molar-refractivity contribution in [1.29, 1.82) is 0 Å². The van der Waals surface area contributed by atoms with Crippen molar-refractivity contribution >= 4 is 17.5 Å². The maximum Gasteiger partial charge on any atom is 0.453 e. The minimum Gasteiger partial charge on any atom is -0.493 e. The molecule has 5 rings (SSSR count). The number of nitrogens with zero attached hydrogens (tertiary/aromatic N) is 5. The van der Waals surface area contributed by atoms with E-state index in [9.17, 15) is 14.9 Å². The summed E-state index contributed by atoms with van der Waals surface area (Å²) in [6.07, 6.45) is 4.72. The van der Waals surface area contributed by atoms with Crippen molar-refractivity contribution < 1.29 is 19.2 Å². The molecular formula is C27H34N6O5. The van der Waals surface area contributed by atoms with Crippen LogP contribution in [0, 0.1) is 17.0 Å². The number of aromatic amines is 1. The monoisotopic (exact) mass is 522 g/mol. The van der Waals surface area contributed by atoms with Crippen LogP contribution in [0.5, 0.6) is 11.5 Å². The average Bonchev–Trinajstić information content (AvgIpc) is 3.62. The zero-order valence-corrected chi connectivity index (χ0v) is 21.8. The molecule has 0 radical (unpaired) electrons. The van der Waals surface area contributed by atoms with Crippen molar-refractivity contribution in [2.45, 2.75) is 45.1 Å². The van der Waals surface area contributed by atoms with Gasteiger partial charge in [-0.1, -0.05) is 41.0 Å². The molecule has 11 heteroatoms. The lowest BCUT2D eigenvalue weighted by molar-refractivity contribution is -0.394. The molecule has 1 saturated heterocycles. The predicted octanol–water partition coefficient (Wildman–Crippen LogP) is 3.93. The normalized spacial score (nSPS) is 15.5. The van der Waals surface area contributed by atoms with Crippen LogP contribution in [-0.4, -0.2) is 70.3 Å². The SMILES string of the molecule is COc1ccc(N2CCN(C(=O)Cc3n[nH]c([N+](=O)[O-])n3)CC2)cc1OC1CCCC1.Cc1ccccc1. The fraction of sp³-hybridized carbons (Fsp3) is 0.444. The number of carbonyl (C=O) groups excluding carboxylic acids is 1. The van der Waals surface area contributed by atoms with Gasteiger partial charge in [0.25, 0.3) is 5.82 Å². The third-order valence-electron chi connectivity index (χ3n) is 6.68. The summed E-state index contributed by atoms with van der Waals surface area (Å²) in [6.45, 7) is 4.54. The van der Waals surface area contributed by atoms with Gasteiger partial charge in [0, 0.05) is 37.9 Å². The number of anilines is 1. The standard InChI is InChI=1S/C20H26N6O5.C7H8/c1-30-16-7-6-14(12-17(16)31-15-4-2-3-5-15)24-8-10-25(11-9-24)19(27)13-18-21-20(23-22-18)26(28)29;1-7-5-3-2-4-6-7/h6-7,12,15H,2-5,8-11,13H2,1H3,(H,21,22,23);2-6H,1H3. The van der Waals surface area contributed by atoms with Gasteiger partial charge in [-0.25, -0.2) is 0 Å². The largest absolute Gasteiger partial charge is 0.493 e. The number of aromatic nitrogens is 3. The highest BCUT2D eigenvalue weighted by molar-refractivity contribution is 5.78. The first-order valence-electron chi connectivity index (χ1n) is 12.9.